The molecule has 0 aliphatic carbocycles. The second-order valence-electron chi connectivity index (χ2n) is 6.92. The van der Waals surface area contributed by atoms with Crippen molar-refractivity contribution in [3.63, 3.8) is 0 Å². The Balaban J connectivity index is 1.46. The number of hydrogen-bond donors (Lipinski definition) is 2. The highest BCUT2D eigenvalue weighted by Gasteiger charge is 2.23. The van der Waals surface area contributed by atoms with E-state index in [9.17, 15) is 4.79 Å². The molecule has 2 aliphatic heterocycles. The van der Waals surface area contributed by atoms with Crippen molar-refractivity contribution in [1.29, 1.82) is 0 Å². The Morgan fingerprint density at radius 3 is 2.56 bits per heavy atom. The van der Waals surface area contributed by atoms with Gasteiger partial charge < -0.3 is 15.5 Å². The van der Waals surface area contributed by atoms with E-state index in [0.717, 1.165) is 35.9 Å². The van der Waals surface area contributed by atoms with Gasteiger partial charge in [-0.2, -0.15) is 0 Å². The number of anilines is 3. The van der Waals surface area contributed by atoms with Crippen LogP contribution in [0.1, 0.15) is 25.3 Å². The number of benzene rings is 2. The molecule has 4 nitrogen and oxygen atoms in total. The van der Waals surface area contributed by atoms with E-state index in [1.54, 1.807) is 6.20 Å². The number of fused-ring (bicyclic) bond motifs is 1. The van der Waals surface area contributed by atoms with Crippen molar-refractivity contribution in [3.8, 4) is 0 Å². The van der Waals surface area contributed by atoms with Crippen LogP contribution in [0.4, 0.5) is 17.1 Å². The first-order valence-electron chi connectivity index (χ1n) is 8.93. The van der Waals surface area contributed by atoms with Gasteiger partial charge in [0.25, 0.3) is 5.91 Å². The van der Waals surface area contributed by atoms with Crippen molar-refractivity contribution in [2.24, 2.45) is 5.92 Å². The number of piperidine rings is 1. The van der Waals surface area contributed by atoms with Crippen molar-refractivity contribution >= 4 is 28.5 Å². The lowest BCUT2D eigenvalue weighted by Gasteiger charge is -2.32. The second-order valence-corrected chi connectivity index (χ2v) is 6.92. The largest absolute Gasteiger partial charge is 0.372 e. The molecule has 1 amide bonds. The standard InChI is InChI=1S/C21H23N3O/c1-15-10-12-24(13-11-15)17-8-6-16(7-9-17)22-14-19-18-4-2-3-5-20(18)23-21(19)25/h2-9,14-15,22H,10-13H2,1H3,(H,23,25)/b19-14+. The van der Waals surface area contributed by atoms with E-state index < -0.39 is 0 Å². The molecule has 1 saturated heterocycles. The third-order valence-electron chi connectivity index (χ3n) is 5.11. The first-order valence-corrected chi connectivity index (χ1v) is 8.93. The minimum Gasteiger partial charge on any atom is -0.372 e. The first kappa shape index (κ1) is 15.8. The average molecular weight is 333 g/mol. The van der Waals surface area contributed by atoms with Crippen LogP contribution in [0.2, 0.25) is 0 Å². The Morgan fingerprint density at radius 1 is 1.08 bits per heavy atom. The Kier molecular flexibility index (Phi) is 4.18. The number of hydrogen-bond acceptors (Lipinski definition) is 3. The second kappa shape index (κ2) is 6.63. The lowest BCUT2D eigenvalue weighted by Crippen LogP contribution is -2.32. The molecule has 25 heavy (non-hydrogen) atoms. The molecule has 0 bridgehead atoms. The summed E-state index contributed by atoms with van der Waals surface area (Å²) < 4.78 is 0. The summed E-state index contributed by atoms with van der Waals surface area (Å²) in [6.45, 7) is 4.60. The Morgan fingerprint density at radius 2 is 1.80 bits per heavy atom. The molecular formula is C21H23N3O. The molecule has 0 atom stereocenters. The number of carbonyl (C=O) groups excluding carboxylic acids is 1. The van der Waals surface area contributed by atoms with Gasteiger partial charge in [0.2, 0.25) is 0 Å². The molecule has 0 saturated carbocycles. The van der Waals surface area contributed by atoms with Gasteiger partial charge in [0.05, 0.1) is 5.57 Å². The highest BCUT2D eigenvalue weighted by Crippen LogP contribution is 2.31. The highest BCUT2D eigenvalue weighted by molar-refractivity contribution is 6.31. The third-order valence-corrected chi connectivity index (χ3v) is 5.11. The summed E-state index contributed by atoms with van der Waals surface area (Å²) in [5.74, 6) is 0.775. The number of carbonyl (C=O) groups is 1. The third kappa shape index (κ3) is 3.25. The fourth-order valence-corrected chi connectivity index (χ4v) is 3.47. The first-order chi connectivity index (χ1) is 12.2. The molecule has 2 heterocycles. The minimum atomic E-state index is -0.0623. The summed E-state index contributed by atoms with van der Waals surface area (Å²) in [6, 6.07) is 16.2. The molecule has 2 aromatic carbocycles. The summed E-state index contributed by atoms with van der Waals surface area (Å²) in [5, 5.41) is 6.14. The van der Waals surface area contributed by atoms with E-state index in [1.807, 2.05) is 24.3 Å². The molecule has 0 radical (unpaired) electrons. The van der Waals surface area contributed by atoms with E-state index >= 15 is 0 Å². The topological polar surface area (TPSA) is 44.4 Å². The molecule has 0 unspecified atom stereocenters. The maximum absolute atomic E-state index is 12.1. The van der Waals surface area contributed by atoms with Crippen LogP contribution in [-0.4, -0.2) is 19.0 Å². The number of rotatable bonds is 3. The zero-order chi connectivity index (χ0) is 17.2. The molecule has 0 spiro atoms. The van der Waals surface area contributed by atoms with Crippen molar-refractivity contribution in [2.75, 3.05) is 28.6 Å². The molecule has 2 N–H and O–H groups in total. The number of nitrogens with one attached hydrogen (secondary N) is 2. The van der Waals surface area contributed by atoms with Crippen LogP contribution in [-0.2, 0) is 4.79 Å². The van der Waals surface area contributed by atoms with E-state index in [4.69, 9.17) is 0 Å². The molecule has 2 aliphatic rings. The normalized spacial score (nSPS) is 19.0. The van der Waals surface area contributed by atoms with Crippen LogP contribution in [0.15, 0.2) is 54.7 Å². The van der Waals surface area contributed by atoms with Gasteiger partial charge in [-0.05, 0) is 49.1 Å². The molecule has 4 heteroatoms. The molecule has 128 valence electrons. The predicted octanol–water partition coefficient (Wildman–Crippen LogP) is 4.33. The van der Waals surface area contributed by atoms with Crippen LogP contribution in [0.25, 0.3) is 5.57 Å². The highest BCUT2D eigenvalue weighted by atomic mass is 16.2. The fraction of sp³-hybridized carbons (Fsp3) is 0.286. The van der Waals surface area contributed by atoms with E-state index in [0.29, 0.717) is 5.57 Å². The van der Waals surface area contributed by atoms with Gasteiger partial charge in [0.1, 0.15) is 0 Å². The van der Waals surface area contributed by atoms with Crippen LogP contribution in [0.5, 0.6) is 0 Å². The van der Waals surface area contributed by atoms with Gasteiger partial charge in [-0.25, -0.2) is 0 Å². The number of amides is 1. The number of para-hydroxylation sites is 1. The van der Waals surface area contributed by atoms with Crippen molar-refractivity contribution in [3.05, 3.63) is 60.3 Å². The molecule has 4 rings (SSSR count). The van der Waals surface area contributed by atoms with Gasteiger partial charge in [0, 0.05) is 41.9 Å². The molecule has 0 aromatic heterocycles. The zero-order valence-electron chi connectivity index (χ0n) is 14.5. The molecule has 1 fully saturated rings. The SMILES string of the molecule is CC1CCN(c2ccc(N/C=C3/C(=O)Nc4ccccc43)cc2)CC1. The smallest absolute Gasteiger partial charge is 0.257 e. The minimum absolute atomic E-state index is 0.0623. The van der Waals surface area contributed by atoms with Crippen molar-refractivity contribution < 1.29 is 4.79 Å². The van der Waals surface area contributed by atoms with Crippen molar-refractivity contribution in [1.82, 2.24) is 0 Å². The summed E-state index contributed by atoms with van der Waals surface area (Å²) in [5.41, 5.74) is 4.74. The van der Waals surface area contributed by atoms with Crippen LogP contribution >= 0.6 is 0 Å². The average Bonchev–Trinajstić information content (AvgIpc) is 2.96. The summed E-state index contributed by atoms with van der Waals surface area (Å²) in [7, 11) is 0. The quantitative estimate of drug-likeness (QED) is 0.822. The number of nitrogens with zero attached hydrogens (tertiary/aromatic N) is 1. The Bertz CT molecular complexity index is 802. The fourth-order valence-electron chi connectivity index (χ4n) is 3.47. The van der Waals surface area contributed by atoms with Gasteiger partial charge in [0.15, 0.2) is 0 Å². The van der Waals surface area contributed by atoms with Gasteiger partial charge in [-0.1, -0.05) is 25.1 Å². The summed E-state index contributed by atoms with van der Waals surface area (Å²) in [6.07, 6.45) is 4.32. The zero-order valence-corrected chi connectivity index (χ0v) is 14.5. The van der Waals surface area contributed by atoms with E-state index in [1.165, 1.54) is 18.5 Å². The lowest BCUT2D eigenvalue weighted by atomic mass is 9.99. The van der Waals surface area contributed by atoms with Gasteiger partial charge in [-0.15, -0.1) is 0 Å². The van der Waals surface area contributed by atoms with E-state index in [2.05, 4.69) is 46.7 Å². The maximum Gasteiger partial charge on any atom is 0.257 e. The van der Waals surface area contributed by atoms with Crippen LogP contribution in [0, 0.1) is 5.92 Å². The van der Waals surface area contributed by atoms with Crippen LogP contribution in [0.3, 0.4) is 0 Å². The predicted molar refractivity (Wildman–Crippen MR) is 104 cm³/mol. The van der Waals surface area contributed by atoms with Crippen LogP contribution < -0.4 is 15.5 Å². The Labute approximate surface area is 148 Å². The summed E-state index contributed by atoms with van der Waals surface area (Å²) in [4.78, 5) is 14.6. The van der Waals surface area contributed by atoms with Gasteiger partial charge in [-0.3, -0.25) is 4.79 Å². The van der Waals surface area contributed by atoms with E-state index in [-0.39, 0.29) is 5.91 Å². The molecular weight excluding hydrogens is 310 g/mol. The summed E-state index contributed by atoms with van der Waals surface area (Å²) >= 11 is 0. The Hall–Kier alpha value is -2.75. The lowest BCUT2D eigenvalue weighted by molar-refractivity contribution is -0.110. The monoisotopic (exact) mass is 333 g/mol. The van der Waals surface area contributed by atoms with Gasteiger partial charge >= 0.3 is 0 Å². The molecule has 2 aromatic rings. The van der Waals surface area contributed by atoms with Crippen molar-refractivity contribution in [2.45, 2.75) is 19.8 Å². The maximum atomic E-state index is 12.1.